The van der Waals surface area contributed by atoms with Gasteiger partial charge >= 0.3 is 260 Å². The molecule has 6 heteroatoms. The van der Waals surface area contributed by atoms with Gasteiger partial charge < -0.3 is 0 Å². The van der Waals surface area contributed by atoms with Gasteiger partial charge in [0.15, 0.2) is 0 Å². The Hall–Kier alpha value is -8.26. The Morgan fingerprint density at radius 2 is 1.05 bits per heavy atom. The van der Waals surface area contributed by atoms with Gasteiger partial charge in [0.1, 0.15) is 5.82 Å². The van der Waals surface area contributed by atoms with Crippen LogP contribution in [0.5, 0.6) is 11.5 Å². The standard InChI is InChI=1S/C70H62GeN4O/c1-69(2,3)52-38-39-72-67(44-52)75-63-33-19-18-32-59(63)60-36-35-58(46-65(60)75)76-57-31-21-30-56(45-57)73-47-74(64-37-34-51(41-66(64)73)50-26-20-29-55(40-50)71(7,8)54-27-16-11-17-28-54)68-61(48-22-12-9-13-23-48)42-53(70(4,5)6)43-62(68)49-24-14-10-15-25-49/h9-46H,1-8H3. The number of para-hydroxylation sites is 1. The summed E-state index contributed by atoms with van der Waals surface area (Å²) in [6.07, 6.45) is 5.91. The summed E-state index contributed by atoms with van der Waals surface area (Å²) in [6, 6.07) is 81.4. The number of pyridine rings is 1. The van der Waals surface area contributed by atoms with Gasteiger partial charge in [-0.1, -0.05) is 96.1 Å². The third-order valence-corrected chi connectivity index (χ3v) is 22.6. The van der Waals surface area contributed by atoms with Crippen LogP contribution in [0.1, 0.15) is 52.7 Å². The summed E-state index contributed by atoms with van der Waals surface area (Å²) in [4.78, 5) is 4.93. The Morgan fingerprint density at radius 3 is 1.75 bits per heavy atom. The van der Waals surface area contributed by atoms with Crippen LogP contribution in [-0.2, 0) is 10.8 Å². The summed E-state index contributed by atoms with van der Waals surface area (Å²) >= 11 is -2.63. The fourth-order valence-electron chi connectivity index (χ4n) is 10.8. The van der Waals surface area contributed by atoms with Crippen LogP contribution >= 0.6 is 0 Å². The van der Waals surface area contributed by atoms with Gasteiger partial charge in [-0.05, 0) is 46.7 Å². The molecule has 372 valence electrons. The Bertz CT molecular complexity index is 4060. The minimum atomic E-state index is -2.63. The number of rotatable bonds is 10. The van der Waals surface area contributed by atoms with E-state index in [0.717, 1.165) is 84.0 Å². The fraction of sp³-hybridized carbons (Fsp3) is 0.143. The van der Waals surface area contributed by atoms with Crippen LogP contribution in [0.15, 0.2) is 231 Å². The quantitative estimate of drug-likeness (QED) is 0.0777. The first kappa shape index (κ1) is 48.7. The van der Waals surface area contributed by atoms with Crippen molar-refractivity contribution in [1.82, 2.24) is 14.1 Å². The average Bonchev–Trinajstić information content (AvgIpc) is 4.01. The maximum Gasteiger partial charge on any atom is 0.0592 e. The zero-order valence-corrected chi connectivity index (χ0v) is 46.7. The zero-order chi connectivity index (χ0) is 52.3. The summed E-state index contributed by atoms with van der Waals surface area (Å²) in [7, 11) is 0. The zero-order valence-electron chi connectivity index (χ0n) is 44.6. The van der Waals surface area contributed by atoms with E-state index in [2.05, 4.69) is 291 Å². The summed E-state index contributed by atoms with van der Waals surface area (Å²) in [6.45, 7) is 13.6. The maximum absolute atomic E-state index is 6.93. The molecule has 3 aromatic heterocycles. The van der Waals surface area contributed by atoms with Crippen LogP contribution < -0.4 is 18.1 Å². The fourth-order valence-corrected chi connectivity index (χ4v) is 15.8. The van der Waals surface area contributed by atoms with Gasteiger partial charge in [-0.25, -0.2) is 4.98 Å². The van der Waals surface area contributed by atoms with E-state index in [1.54, 1.807) is 0 Å². The molecule has 0 unspecified atom stereocenters. The predicted octanol–water partition coefficient (Wildman–Crippen LogP) is 16.4. The van der Waals surface area contributed by atoms with Crippen molar-refractivity contribution < 1.29 is 9.30 Å². The van der Waals surface area contributed by atoms with Crippen molar-refractivity contribution in [3.05, 3.63) is 248 Å². The van der Waals surface area contributed by atoms with Crippen LogP contribution in [0.25, 0.3) is 83.4 Å². The molecule has 0 bridgehead atoms. The number of hydrogen-bond acceptors (Lipinski definition) is 2. The minimum Gasteiger partial charge on any atom is -0.0149 e. The summed E-state index contributed by atoms with van der Waals surface area (Å²) in [5, 5.41) is 2.32. The smallest absolute Gasteiger partial charge is 0.0149 e. The molecule has 0 N–H and O–H groups in total. The normalized spacial score (nSPS) is 12.2. The van der Waals surface area contributed by atoms with Gasteiger partial charge in [0, 0.05) is 23.0 Å². The Kier molecular flexibility index (Phi) is 12.3. The molecular weight excluding hydrogens is 985 g/mol. The van der Waals surface area contributed by atoms with Crippen molar-refractivity contribution in [3.63, 3.8) is 0 Å². The second-order valence-electron chi connectivity index (χ2n) is 22.7. The SMILES string of the molecule is CC(C)(C)c1ccnc(-n2c3ccccc3c3ccc(Oc4cccc(-n5[c-][n+](-c6c(-c7ccccc7)cc(C(C)(C)C)cc6-c6ccccc6)c6ccc(-c7ccc[c]([Ge]([CH3])([CH3])[c]8ccccc8)c7)cc65)c4)cc32)c1. The van der Waals surface area contributed by atoms with Crippen molar-refractivity contribution in [2.24, 2.45) is 0 Å². The van der Waals surface area contributed by atoms with Crippen LogP contribution in [0.2, 0.25) is 11.5 Å². The number of benzene rings is 9. The molecule has 0 aliphatic heterocycles. The van der Waals surface area contributed by atoms with Crippen molar-refractivity contribution >= 4 is 54.9 Å². The van der Waals surface area contributed by atoms with Crippen LogP contribution in [0.4, 0.5) is 0 Å². The number of nitrogens with zero attached hydrogens (tertiary/aromatic N) is 4. The second-order valence-corrected chi connectivity index (χ2v) is 32.0. The van der Waals surface area contributed by atoms with Crippen molar-refractivity contribution in [3.8, 4) is 62.1 Å². The summed E-state index contributed by atoms with van der Waals surface area (Å²) < 4.78 is 16.6. The molecule has 0 saturated carbocycles. The van der Waals surface area contributed by atoms with Crippen molar-refractivity contribution in [1.29, 1.82) is 0 Å². The topological polar surface area (TPSA) is 35.9 Å². The molecule has 0 aliphatic rings. The molecule has 0 atom stereocenters. The predicted molar refractivity (Wildman–Crippen MR) is 319 cm³/mol. The van der Waals surface area contributed by atoms with Crippen LogP contribution in [0, 0.1) is 6.33 Å². The van der Waals surface area contributed by atoms with E-state index in [-0.39, 0.29) is 10.8 Å². The van der Waals surface area contributed by atoms with Crippen molar-refractivity contribution in [2.75, 3.05) is 0 Å². The number of imidazole rings is 1. The maximum atomic E-state index is 6.93. The first-order chi connectivity index (χ1) is 36.7. The summed E-state index contributed by atoms with van der Waals surface area (Å²) in [5.74, 6) is 7.33. The van der Waals surface area contributed by atoms with Gasteiger partial charge in [0.2, 0.25) is 0 Å². The molecule has 76 heavy (non-hydrogen) atoms. The van der Waals surface area contributed by atoms with Gasteiger partial charge in [-0.3, -0.25) is 4.57 Å². The van der Waals surface area contributed by atoms with Gasteiger partial charge in [-0.2, -0.15) is 0 Å². The van der Waals surface area contributed by atoms with E-state index >= 15 is 0 Å². The van der Waals surface area contributed by atoms with E-state index in [1.807, 2.05) is 12.3 Å². The molecule has 0 saturated heterocycles. The first-order valence-corrected chi connectivity index (χ1v) is 32.7. The van der Waals surface area contributed by atoms with Gasteiger partial charge in [0.05, 0.1) is 11.0 Å². The average molecular weight is 1050 g/mol. The Balaban J connectivity index is 1.04. The molecule has 0 radical (unpaired) electrons. The monoisotopic (exact) mass is 1050 g/mol. The molecule has 12 aromatic rings. The number of fused-ring (bicyclic) bond motifs is 4. The van der Waals surface area contributed by atoms with Crippen LogP contribution in [0.3, 0.4) is 0 Å². The van der Waals surface area contributed by atoms with E-state index in [0.29, 0.717) is 0 Å². The van der Waals surface area contributed by atoms with Gasteiger partial charge in [-0.15, -0.1) is 0 Å². The molecule has 0 fully saturated rings. The molecule has 3 heterocycles. The minimum absolute atomic E-state index is 0.0308. The largest absolute Gasteiger partial charge is 0.0592 e. The Morgan fingerprint density at radius 1 is 0.461 bits per heavy atom. The third kappa shape index (κ3) is 9.02. The second kappa shape index (κ2) is 19.1. The van der Waals surface area contributed by atoms with E-state index < -0.39 is 13.3 Å². The van der Waals surface area contributed by atoms with E-state index in [4.69, 9.17) is 9.72 Å². The molecule has 0 aliphatic carbocycles. The number of hydrogen-bond donors (Lipinski definition) is 0. The van der Waals surface area contributed by atoms with Crippen molar-refractivity contribution in [2.45, 2.75) is 63.9 Å². The first-order valence-electron chi connectivity index (χ1n) is 26.4. The third-order valence-electron chi connectivity index (χ3n) is 15.2. The molecule has 5 nitrogen and oxygen atoms in total. The summed E-state index contributed by atoms with van der Waals surface area (Å²) in [5.41, 5.74) is 15.5. The molecule has 0 amide bonds. The van der Waals surface area contributed by atoms with E-state index in [9.17, 15) is 0 Å². The molecule has 12 rings (SSSR count). The van der Waals surface area contributed by atoms with E-state index in [1.165, 1.54) is 30.9 Å². The van der Waals surface area contributed by atoms with Gasteiger partial charge in [0.25, 0.3) is 0 Å². The number of aromatic nitrogens is 4. The Labute approximate surface area is 449 Å². The molecular formula is C70H62GeN4O. The van der Waals surface area contributed by atoms with Crippen LogP contribution in [-0.4, -0.2) is 27.4 Å². The molecule has 0 spiro atoms. The number of ether oxygens (including phenoxy) is 1. The molecule has 9 aromatic carbocycles.